The highest BCUT2D eigenvalue weighted by Gasteiger charge is 2.28. The molecule has 0 amide bonds. The Morgan fingerprint density at radius 3 is 2.47 bits per heavy atom. The van der Waals surface area contributed by atoms with Crippen LogP contribution in [0.4, 0.5) is 0 Å². The topological polar surface area (TPSA) is 35.5 Å². The van der Waals surface area contributed by atoms with Crippen molar-refractivity contribution >= 4 is 0 Å². The number of nitrogens with one attached hydrogen (secondary N) is 1. The van der Waals surface area contributed by atoms with Gasteiger partial charge in [-0.15, -0.1) is 0 Å². The zero-order valence-corrected chi connectivity index (χ0v) is 13.4. The van der Waals surface area contributed by atoms with Crippen molar-refractivity contribution in [3.8, 4) is 0 Å². The van der Waals surface area contributed by atoms with Crippen LogP contribution < -0.4 is 5.32 Å². The monoisotopic (exact) mass is 270 g/mol. The Balaban J connectivity index is 2.25. The molecule has 1 aliphatic rings. The summed E-state index contributed by atoms with van der Waals surface area (Å²) >= 11 is 0. The molecule has 1 aliphatic carbocycles. The summed E-state index contributed by atoms with van der Waals surface area (Å²) in [5.41, 5.74) is 0.549. The summed E-state index contributed by atoms with van der Waals surface area (Å²) < 4.78 is 0. The summed E-state index contributed by atoms with van der Waals surface area (Å²) in [6.07, 6.45) is 7.53. The van der Waals surface area contributed by atoms with Crippen molar-refractivity contribution < 1.29 is 5.11 Å². The van der Waals surface area contributed by atoms with Crippen molar-refractivity contribution in [3.63, 3.8) is 0 Å². The van der Waals surface area contributed by atoms with Crippen LogP contribution in [0.15, 0.2) is 0 Å². The standard InChI is InChI=1S/C16H34N2O/c1-5-11-17-14(13-19)8-12-18(4)15-6-9-16(2,3)10-7-15/h14-15,17,19H,5-13H2,1-4H3. The zero-order valence-electron chi connectivity index (χ0n) is 13.4. The van der Waals surface area contributed by atoms with Gasteiger partial charge in [-0.2, -0.15) is 0 Å². The number of nitrogens with zero attached hydrogens (tertiary/aromatic N) is 1. The summed E-state index contributed by atoms with van der Waals surface area (Å²) in [5.74, 6) is 0. The van der Waals surface area contributed by atoms with E-state index in [1.54, 1.807) is 0 Å². The normalized spacial score (nSPS) is 21.8. The van der Waals surface area contributed by atoms with Gasteiger partial charge in [0, 0.05) is 12.1 Å². The van der Waals surface area contributed by atoms with Crippen LogP contribution in [-0.4, -0.2) is 48.8 Å². The molecule has 0 radical (unpaired) electrons. The van der Waals surface area contributed by atoms with Crippen LogP contribution in [0.2, 0.25) is 0 Å². The third kappa shape index (κ3) is 6.24. The minimum Gasteiger partial charge on any atom is -0.395 e. The molecule has 1 atom stereocenters. The van der Waals surface area contributed by atoms with Crippen molar-refractivity contribution in [1.29, 1.82) is 0 Å². The summed E-state index contributed by atoms with van der Waals surface area (Å²) in [6, 6.07) is 1.01. The Morgan fingerprint density at radius 1 is 1.32 bits per heavy atom. The van der Waals surface area contributed by atoms with Gasteiger partial charge < -0.3 is 15.3 Å². The Bertz CT molecular complexity index is 233. The first-order valence-corrected chi connectivity index (χ1v) is 8.03. The van der Waals surface area contributed by atoms with Gasteiger partial charge in [0.05, 0.1) is 6.61 Å². The smallest absolute Gasteiger partial charge is 0.0585 e. The van der Waals surface area contributed by atoms with Crippen molar-refractivity contribution in [1.82, 2.24) is 10.2 Å². The zero-order chi connectivity index (χ0) is 14.3. The first kappa shape index (κ1) is 16.9. The van der Waals surface area contributed by atoms with E-state index in [2.05, 4.69) is 38.0 Å². The fourth-order valence-electron chi connectivity index (χ4n) is 2.97. The van der Waals surface area contributed by atoms with Gasteiger partial charge in [-0.1, -0.05) is 20.8 Å². The van der Waals surface area contributed by atoms with Crippen LogP contribution >= 0.6 is 0 Å². The van der Waals surface area contributed by atoms with Gasteiger partial charge in [0.25, 0.3) is 0 Å². The molecule has 0 spiro atoms. The Morgan fingerprint density at radius 2 is 1.95 bits per heavy atom. The lowest BCUT2D eigenvalue weighted by atomic mass is 9.75. The lowest BCUT2D eigenvalue weighted by Gasteiger charge is -2.39. The van der Waals surface area contributed by atoms with E-state index in [4.69, 9.17) is 0 Å². The van der Waals surface area contributed by atoms with Gasteiger partial charge in [-0.25, -0.2) is 0 Å². The molecule has 114 valence electrons. The van der Waals surface area contributed by atoms with Crippen molar-refractivity contribution in [2.45, 2.75) is 71.4 Å². The first-order valence-electron chi connectivity index (χ1n) is 8.03. The van der Waals surface area contributed by atoms with E-state index in [0.29, 0.717) is 5.41 Å². The molecule has 0 aromatic rings. The Labute approximate surface area is 119 Å². The van der Waals surface area contributed by atoms with E-state index in [1.165, 1.54) is 25.7 Å². The maximum atomic E-state index is 9.36. The summed E-state index contributed by atoms with van der Waals surface area (Å²) in [4.78, 5) is 2.51. The minimum absolute atomic E-state index is 0.255. The van der Waals surface area contributed by atoms with Crippen LogP contribution in [0.3, 0.4) is 0 Å². The maximum absolute atomic E-state index is 9.36. The Kier molecular flexibility index (Phi) is 7.33. The molecule has 1 saturated carbocycles. The fourth-order valence-corrected chi connectivity index (χ4v) is 2.97. The second-order valence-corrected chi connectivity index (χ2v) is 7.00. The number of aliphatic hydroxyl groups excluding tert-OH is 1. The SMILES string of the molecule is CCCNC(CO)CCN(C)C1CCC(C)(C)CC1. The third-order valence-electron chi connectivity index (χ3n) is 4.67. The summed E-state index contributed by atoms with van der Waals surface area (Å²) in [7, 11) is 2.25. The van der Waals surface area contributed by atoms with Crippen LogP contribution in [0.5, 0.6) is 0 Å². The molecular formula is C16H34N2O. The van der Waals surface area contributed by atoms with Crippen molar-refractivity contribution in [2.24, 2.45) is 5.41 Å². The molecule has 0 aromatic carbocycles. The average Bonchev–Trinajstić information content (AvgIpc) is 2.38. The van der Waals surface area contributed by atoms with Crippen molar-refractivity contribution in [3.05, 3.63) is 0 Å². The van der Waals surface area contributed by atoms with Crippen molar-refractivity contribution in [2.75, 3.05) is 26.7 Å². The summed E-state index contributed by atoms with van der Waals surface area (Å²) in [6.45, 7) is 9.29. The van der Waals surface area contributed by atoms with Gasteiger partial charge in [-0.05, 0) is 64.1 Å². The number of hydrogen-bond acceptors (Lipinski definition) is 3. The van der Waals surface area contributed by atoms with Crippen LogP contribution in [0, 0.1) is 5.41 Å². The molecule has 0 saturated heterocycles. The highest BCUT2D eigenvalue weighted by molar-refractivity contribution is 4.83. The van der Waals surface area contributed by atoms with Gasteiger partial charge in [0.15, 0.2) is 0 Å². The molecule has 2 N–H and O–H groups in total. The predicted octanol–water partition coefficient (Wildman–Crippen LogP) is 2.64. The molecule has 19 heavy (non-hydrogen) atoms. The molecule has 0 aromatic heterocycles. The van der Waals surface area contributed by atoms with E-state index in [0.717, 1.165) is 32.0 Å². The number of aliphatic hydroxyl groups is 1. The second-order valence-electron chi connectivity index (χ2n) is 7.00. The second kappa shape index (κ2) is 8.23. The van der Waals surface area contributed by atoms with E-state index in [9.17, 15) is 5.11 Å². The number of hydrogen-bond donors (Lipinski definition) is 2. The van der Waals surface area contributed by atoms with Gasteiger partial charge in [0.2, 0.25) is 0 Å². The van der Waals surface area contributed by atoms with Crippen LogP contribution in [-0.2, 0) is 0 Å². The molecule has 1 unspecified atom stereocenters. The molecule has 1 rings (SSSR count). The molecule has 3 nitrogen and oxygen atoms in total. The van der Waals surface area contributed by atoms with Gasteiger partial charge >= 0.3 is 0 Å². The van der Waals surface area contributed by atoms with E-state index in [1.807, 2.05) is 0 Å². The highest BCUT2D eigenvalue weighted by Crippen LogP contribution is 2.36. The molecule has 0 bridgehead atoms. The summed E-state index contributed by atoms with van der Waals surface area (Å²) in [5, 5.41) is 12.8. The lowest BCUT2D eigenvalue weighted by molar-refractivity contribution is 0.120. The average molecular weight is 270 g/mol. The quantitative estimate of drug-likeness (QED) is 0.712. The Hall–Kier alpha value is -0.120. The molecule has 0 heterocycles. The molecule has 0 aliphatic heterocycles. The molecular weight excluding hydrogens is 236 g/mol. The van der Waals surface area contributed by atoms with Crippen LogP contribution in [0.1, 0.15) is 59.3 Å². The fraction of sp³-hybridized carbons (Fsp3) is 1.00. The minimum atomic E-state index is 0.255. The van der Waals surface area contributed by atoms with Crippen LogP contribution in [0.25, 0.3) is 0 Å². The maximum Gasteiger partial charge on any atom is 0.0585 e. The first-order chi connectivity index (χ1) is 8.98. The van der Waals surface area contributed by atoms with Gasteiger partial charge in [-0.3, -0.25) is 0 Å². The predicted molar refractivity (Wildman–Crippen MR) is 82.5 cm³/mol. The van der Waals surface area contributed by atoms with E-state index >= 15 is 0 Å². The largest absolute Gasteiger partial charge is 0.395 e. The molecule has 1 fully saturated rings. The number of rotatable bonds is 8. The molecule has 3 heteroatoms. The van der Waals surface area contributed by atoms with E-state index < -0.39 is 0 Å². The van der Waals surface area contributed by atoms with Gasteiger partial charge in [0.1, 0.15) is 0 Å². The lowest BCUT2D eigenvalue weighted by Crippen LogP contribution is -2.41. The van der Waals surface area contributed by atoms with E-state index in [-0.39, 0.29) is 12.6 Å². The third-order valence-corrected chi connectivity index (χ3v) is 4.67. The highest BCUT2D eigenvalue weighted by atomic mass is 16.3.